The summed E-state index contributed by atoms with van der Waals surface area (Å²) in [5, 5.41) is 12.2. The van der Waals surface area contributed by atoms with Gasteiger partial charge in [-0.1, -0.05) is 0 Å². The van der Waals surface area contributed by atoms with Gasteiger partial charge in [-0.2, -0.15) is 0 Å². The van der Waals surface area contributed by atoms with Gasteiger partial charge in [-0.05, 0) is 7.05 Å². The van der Waals surface area contributed by atoms with Crippen molar-refractivity contribution in [3.8, 4) is 0 Å². The van der Waals surface area contributed by atoms with E-state index in [4.69, 9.17) is 10.8 Å². The maximum Gasteiger partial charge on any atom is 0.119 e. The summed E-state index contributed by atoms with van der Waals surface area (Å²) in [4.78, 5) is 2.07. The average molecular weight is 145 g/mol. The van der Waals surface area contributed by atoms with Crippen molar-refractivity contribution in [2.75, 3.05) is 26.7 Å². The summed E-state index contributed by atoms with van der Waals surface area (Å²) in [6.07, 6.45) is -0.724. The molecule has 0 bridgehead atoms. The van der Waals surface area contributed by atoms with E-state index < -0.39 is 6.23 Å². The van der Waals surface area contributed by atoms with Gasteiger partial charge in [0.2, 0.25) is 0 Å². The number of rotatable bonds is 1. The van der Waals surface area contributed by atoms with Crippen LogP contribution < -0.4 is 11.1 Å². The topological polar surface area (TPSA) is 61.5 Å². The van der Waals surface area contributed by atoms with E-state index >= 15 is 0 Å². The van der Waals surface area contributed by atoms with Gasteiger partial charge in [-0.15, -0.1) is 0 Å². The molecule has 0 aliphatic carbocycles. The summed E-state index contributed by atoms with van der Waals surface area (Å²) in [7, 11) is 1.97. The minimum Gasteiger partial charge on any atom is -0.377 e. The third kappa shape index (κ3) is 1.67. The molecule has 0 aromatic carbocycles. The summed E-state index contributed by atoms with van der Waals surface area (Å²) in [5.74, 6) is 0. The SMILES string of the molecule is CN1CCNCC1C(N)O. The van der Waals surface area contributed by atoms with Gasteiger partial charge in [0.1, 0.15) is 6.23 Å². The van der Waals surface area contributed by atoms with Crippen molar-refractivity contribution in [3.63, 3.8) is 0 Å². The Morgan fingerprint density at radius 1 is 1.80 bits per heavy atom. The number of hydrogen-bond donors (Lipinski definition) is 3. The highest BCUT2D eigenvalue weighted by Gasteiger charge is 2.22. The van der Waals surface area contributed by atoms with Crippen molar-refractivity contribution in [2.45, 2.75) is 12.3 Å². The molecule has 1 aliphatic heterocycles. The fraction of sp³-hybridized carbons (Fsp3) is 1.00. The molecule has 1 rings (SSSR count). The van der Waals surface area contributed by atoms with Gasteiger partial charge in [0.25, 0.3) is 0 Å². The van der Waals surface area contributed by atoms with Gasteiger partial charge in [0.05, 0.1) is 6.04 Å². The van der Waals surface area contributed by atoms with Crippen LogP contribution in [0.5, 0.6) is 0 Å². The third-order valence-corrected chi connectivity index (χ3v) is 1.96. The molecule has 0 amide bonds. The maximum absolute atomic E-state index is 9.04. The number of aliphatic hydroxyl groups excluding tert-OH is 1. The van der Waals surface area contributed by atoms with Crippen molar-refractivity contribution < 1.29 is 5.11 Å². The Bertz CT molecular complexity index is 107. The first-order valence-corrected chi connectivity index (χ1v) is 3.56. The predicted molar refractivity (Wildman–Crippen MR) is 39.5 cm³/mol. The second-order valence-corrected chi connectivity index (χ2v) is 2.74. The minimum atomic E-state index is -0.724. The molecule has 0 saturated carbocycles. The molecule has 0 aromatic rings. The van der Waals surface area contributed by atoms with Gasteiger partial charge in [-0.25, -0.2) is 0 Å². The molecule has 4 nitrogen and oxygen atoms in total. The fourth-order valence-electron chi connectivity index (χ4n) is 1.21. The lowest BCUT2D eigenvalue weighted by Crippen LogP contribution is -2.57. The number of nitrogens with one attached hydrogen (secondary N) is 1. The zero-order valence-electron chi connectivity index (χ0n) is 6.25. The molecule has 4 heteroatoms. The normalized spacial score (nSPS) is 32.1. The van der Waals surface area contributed by atoms with E-state index in [2.05, 4.69) is 10.2 Å². The largest absolute Gasteiger partial charge is 0.377 e. The lowest BCUT2D eigenvalue weighted by Gasteiger charge is -2.34. The Labute approximate surface area is 61.0 Å². The highest BCUT2D eigenvalue weighted by molar-refractivity contribution is 4.80. The third-order valence-electron chi connectivity index (χ3n) is 1.96. The first kappa shape index (κ1) is 7.94. The Balaban J connectivity index is 2.40. The Kier molecular flexibility index (Phi) is 2.62. The molecule has 1 heterocycles. The molecule has 1 fully saturated rings. The number of aliphatic hydroxyl groups is 1. The van der Waals surface area contributed by atoms with Gasteiger partial charge in [0, 0.05) is 19.6 Å². The Morgan fingerprint density at radius 3 is 2.90 bits per heavy atom. The lowest BCUT2D eigenvalue weighted by atomic mass is 10.2. The van der Waals surface area contributed by atoms with E-state index in [1.54, 1.807) is 0 Å². The second kappa shape index (κ2) is 3.30. The number of nitrogens with two attached hydrogens (primary N) is 1. The summed E-state index contributed by atoms with van der Waals surface area (Å²) in [5.41, 5.74) is 5.33. The fourth-order valence-corrected chi connectivity index (χ4v) is 1.21. The predicted octanol–water partition coefficient (Wildman–Crippen LogP) is -1.83. The quantitative estimate of drug-likeness (QED) is 0.380. The molecule has 2 atom stereocenters. The lowest BCUT2D eigenvalue weighted by molar-refractivity contribution is 0.0538. The molecule has 0 spiro atoms. The van der Waals surface area contributed by atoms with Crippen molar-refractivity contribution in [1.29, 1.82) is 0 Å². The second-order valence-electron chi connectivity index (χ2n) is 2.74. The standard InChI is InChI=1S/C6H15N3O/c1-9-3-2-8-4-5(9)6(7)10/h5-6,8,10H,2-4,7H2,1H3. The van der Waals surface area contributed by atoms with Crippen molar-refractivity contribution in [3.05, 3.63) is 0 Å². The first-order chi connectivity index (χ1) is 4.72. The van der Waals surface area contributed by atoms with Crippen LogP contribution in [0.25, 0.3) is 0 Å². The number of hydrogen-bond acceptors (Lipinski definition) is 4. The number of piperazine rings is 1. The monoisotopic (exact) mass is 145 g/mol. The van der Waals surface area contributed by atoms with Gasteiger partial charge < -0.3 is 16.2 Å². The van der Waals surface area contributed by atoms with E-state index in [0.29, 0.717) is 0 Å². The minimum absolute atomic E-state index is 0.0775. The smallest absolute Gasteiger partial charge is 0.119 e. The van der Waals surface area contributed by atoms with Crippen LogP contribution in [0.1, 0.15) is 0 Å². The highest BCUT2D eigenvalue weighted by Crippen LogP contribution is 2.00. The van der Waals surface area contributed by atoms with Gasteiger partial charge >= 0.3 is 0 Å². The molecule has 0 aromatic heterocycles. The van der Waals surface area contributed by atoms with Crippen LogP contribution in [0.3, 0.4) is 0 Å². The van der Waals surface area contributed by atoms with Crippen molar-refractivity contribution in [2.24, 2.45) is 5.73 Å². The van der Waals surface area contributed by atoms with E-state index in [1.165, 1.54) is 0 Å². The molecule has 2 unspecified atom stereocenters. The summed E-state index contributed by atoms with van der Waals surface area (Å²) >= 11 is 0. The van der Waals surface area contributed by atoms with Crippen LogP contribution in [0.2, 0.25) is 0 Å². The van der Waals surface area contributed by atoms with Gasteiger partial charge in [-0.3, -0.25) is 4.90 Å². The van der Waals surface area contributed by atoms with Crippen LogP contribution in [-0.4, -0.2) is 49.0 Å². The molecule has 1 saturated heterocycles. The van der Waals surface area contributed by atoms with E-state index in [1.807, 2.05) is 7.05 Å². The first-order valence-electron chi connectivity index (χ1n) is 3.56. The van der Waals surface area contributed by atoms with E-state index in [-0.39, 0.29) is 6.04 Å². The average Bonchev–Trinajstić information content (AvgIpc) is 1.88. The van der Waals surface area contributed by atoms with Crippen LogP contribution in [0, 0.1) is 0 Å². The molecule has 10 heavy (non-hydrogen) atoms. The van der Waals surface area contributed by atoms with Crippen LogP contribution in [0.4, 0.5) is 0 Å². The highest BCUT2D eigenvalue weighted by atomic mass is 16.3. The van der Waals surface area contributed by atoms with Crippen LogP contribution in [0.15, 0.2) is 0 Å². The molecular weight excluding hydrogens is 130 g/mol. The number of likely N-dealkylation sites (N-methyl/N-ethyl adjacent to an activating group) is 1. The zero-order valence-corrected chi connectivity index (χ0v) is 6.25. The molecule has 60 valence electrons. The zero-order chi connectivity index (χ0) is 7.56. The van der Waals surface area contributed by atoms with E-state index in [9.17, 15) is 0 Å². The summed E-state index contributed by atoms with van der Waals surface area (Å²) in [6, 6.07) is 0.0775. The summed E-state index contributed by atoms with van der Waals surface area (Å²) in [6.45, 7) is 2.73. The van der Waals surface area contributed by atoms with Crippen molar-refractivity contribution in [1.82, 2.24) is 10.2 Å². The Morgan fingerprint density at radius 2 is 2.50 bits per heavy atom. The van der Waals surface area contributed by atoms with Crippen LogP contribution in [-0.2, 0) is 0 Å². The maximum atomic E-state index is 9.04. The Hall–Kier alpha value is -0.160. The number of nitrogens with zero attached hydrogens (tertiary/aromatic N) is 1. The van der Waals surface area contributed by atoms with Gasteiger partial charge in [0.15, 0.2) is 0 Å². The van der Waals surface area contributed by atoms with Crippen LogP contribution >= 0.6 is 0 Å². The molecular formula is C6H15N3O. The van der Waals surface area contributed by atoms with E-state index in [0.717, 1.165) is 19.6 Å². The molecule has 0 radical (unpaired) electrons. The summed E-state index contributed by atoms with van der Waals surface area (Å²) < 4.78 is 0. The van der Waals surface area contributed by atoms with Crippen molar-refractivity contribution >= 4 is 0 Å². The molecule has 4 N–H and O–H groups in total. The molecule has 1 aliphatic rings.